The first-order valence-corrected chi connectivity index (χ1v) is 8.09. The van der Waals surface area contributed by atoms with E-state index in [4.69, 9.17) is 14.7 Å². The van der Waals surface area contributed by atoms with E-state index in [1.807, 2.05) is 32.0 Å². The topological polar surface area (TPSA) is 88.4 Å². The second-order valence-corrected chi connectivity index (χ2v) is 5.87. The van der Waals surface area contributed by atoms with Crippen molar-refractivity contribution in [3.8, 4) is 11.8 Å². The lowest BCUT2D eigenvalue weighted by molar-refractivity contribution is -0.155. The third-order valence-electron chi connectivity index (χ3n) is 3.63. The first-order chi connectivity index (χ1) is 12.4. The number of benzene rings is 2. The predicted octanol–water partition coefficient (Wildman–Crippen LogP) is 3.12. The fraction of sp³-hybridized carbons (Fsp3) is 0.250. The summed E-state index contributed by atoms with van der Waals surface area (Å²) in [6.45, 7) is 5.06. The molecule has 1 atom stereocenters. The molecule has 2 rings (SSSR count). The Labute approximate surface area is 152 Å². The van der Waals surface area contributed by atoms with Crippen molar-refractivity contribution < 1.29 is 19.1 Å². The van der Waals surface area contributed by atoms with Crippen molar-refractivity contribution in [3.63, 3.8) is 0 Å². The molecule has 2 aromatic carbocycles. The normalized spacial score (nSPS) is 11.2. The highest BCUT2D eigenvalue weighted by molar-refractivity contribution is 5.95. The molecule has 0 heterocycles. The number of esters is 1. The molecule has 0 spiro atoms. The number of hydrogen-bond donors (Lipinski definition) is 1. The molecular formula is C20H20N2O4. The maximum Gasteiger partial charge on any atom is 0.344 e. The fourth-order valence-electron chi connectivity index (χ4n) is 2.25. The van der Waals surface area contributed by atoms with Gasteiger partial charge in [0.2, 0.25) is 0 Å². The Morgan fingerprint density at radius 1 is 1.15 bits per heavy atom. The average Bonchev–Trinajstić information content (AvgIpc) is 2.61. The van der Waals surface area contributed by atoms with E-state index < -0.39 is 18.0 Å². The lowest BCUT2D eigenvalue weighted by Gasteiger charge is -2.14. The minimum absolute atomic E-state index is 0.279. The summed E-state index contributed by atoms with van der Waals surface area (Å²) in [5, 5.41) is 11.4. The third-order valence-corrected chi connectivity index (χ3v) is 3.63. The molecule has 134 valence electrons. The summed E-state index contributed by atoms with van der Waals surface area (Å²) in [6.07, 6.45) is -0.971. The number of nitrogens with one attached hydrogen (secondary N) is 1. The lowest BCUT2D eigenvalue weighted by atomic mass is 10.1. The van der Waals surface area contributed by atoms with E-state index in [-0.39, 0.29) is 6.61 Å². The minimum atomic E-state index is -0.971. The molecule has 26 heavy (non-hydrogen) atoms. The summed E-state index contributed by atoms with van der Waals surface area (Å²) in [5.74, 6) is -0.496. The molecule has 0 bridgehead atoms. The molecule has 0 aromatic heterocycles. The van der Waals surface area contributed by atoms with Crippen LogP contribution in [0.4, 0.5) is 5.69 Å². The standard InChI is InChI=1S/C20H20N2O4/c1-13-4-9-18(14(2)10-13)25-12-19(23)26-15(3)20(24)22-17-7-5-16(11-21)6-8-17/h4-10,15H,12H2,1-3H3,(H,22,24)/t15-/m0/s1. The molecule has 1 amide bonds. The molecule has 0 saturated heterocycles. The zero-order valence-electron chi connectivity index (χ0n) is 14.9. The fourth-order valence-corrected chi connectivity index (χ4v) is 2.25. The van der Waals surface area contributed by atoms with Crippen molar-refractivity contribution in [1.29, 1.82) is 5.26 Å². The van der Waals surface area contributed by atoms with Crippen LogP contribution in [0.25, 0.3) is 0 Å². The van der Waals surface area contributed by atoms with Gasteiger partial charge in [-0.1, -0.05) is 17.7 Å². The zero-order valence-corrected chi connectivity index (χ0v) is 14.9. The molecule has 0 fully saturated rings. The Hall–Kier alpha value is -3.33. The van der Waals surface area contributed by atoms with Gasteiger partial charge in [0.1, 0.15) is 5.75 Å². The van der Waals surface area contributed by atoms with Gasteiger partial charge in [-0.3, -0.25) is 4.79 Å². The molecule has 0 saturated carbocycles. The van der Waals surface area contributed by atoms with Crippen LogP contribution in [0.2, 0.25) is 0 Å². The minimum Gasteiger partial charge on any atom is -0.482 e. The number of anilines is 1. The number of carbonyl (C=O) groups excluding carboxylic acids is 2. The van der Waals surface area contributed by atoms with Gasteiger partial charge >= 0.3 is 5.97 Å². The van der Waals surface area contributed by atoms with Crippen LogP contribution >= 0.6 is 0 Å². The second kappa shape index (κ2) is 8.67. The average molecular weight is 352 g/mol. The smallest absolute Gasteiger partial charge is 0.344 e. The number of nitrogens with zero attached hydrogens (tertiary/aromatic N) is 1. The Morgan fingerprint density at radius 2 is 1.85 bits per heavy atom. The van der Waals surface area contributed by atoms with E-state index in [2.05, 4.69) is 5.32 Å². The highest BCUT2D eigenvalue weighted by Gasteiger charge is 2.18. The van der Waals surface area contributed by atoms with E-state index in [9.17, 15) is 9.59 Å². The van der Waals surface area contributed by atoms with Gasteiger partial charge < -0.3 is 14.8 Å². The van der Waals surface area contributed by atoms with Crippen molar-refractivity contribution in [2.45, 2.75) is 26.9 Å². The number of ether oxygens (including phenoxy) is 2. The maximum absolute atomic E-state index is 12.1. The van der Waals surface area contributed by atoms with Crippen molar-refractivity contribution in [2.24, 2.45) is 0 Å². The molecule has 0 radical (unpaired) electrons. The molecule has 0 unspecified atom stereocenters. The summed E-state index contributed by atoms with van der Waals surface area (Å²) in [6, 6.07) is 14.0. The van der Waals surface area contributed by atoms with Crippen LogP contribution in [0.15, 0.2) is 42.5 Å². The van der Waals surface area contributed by atoms with Crippen molar-refractivity contribution >= 4 is 17.6 Å². The Morgan fingerprint density at radius 3 is 2.46 bits per heavy atom. The summed E-state index contributed by atoms with van der Waals surface area (Å²) in [7, 11) is 0. The van der Waals surface area contributed by atoms with Gasteiger partial charge in [-0.25, -0.2) is 4.79 Å². The SMILES string of the molecule is Cc1ccc(OCC(=O)O[C@@H](C)C(=O)Nc2ccc(C#N)cc2)c(C)c1. The van der Waals surface area contributed by atoms with E-state index >= 15 is 0 Å². The van der Waals surface area contributed by atoms with Crippen molar-refractivity contribution in [2.75, 3.05) is 11.9 Å². The lowest BCUT2D eigenvalue weighted by Crippen LogP contribution is -2.31. The highest BCUT2D eigenvalue weighted by Crippen LogP contribution is 2.18. The monoisotopic (exact) mass is 352 g/mol. The maximum atomic E-state index is 12.1. The van der Waals surface area contributed by atoms with Gasteiger partial charge in [-0.2, -0.15) is 5.26 Å². The Bertz CT molecular complexity index is 838. The Kier molecular flexibility index (Phi) is 6.34. The first kappa shape index (κ1) is 19.0. The molecule has 1 N–H and O–H groups in total. The summed E-state index contributed by atoms with van der Waals surface area (Å²) < 4.78 is 10.5. The summed E-state index contributed by atoms with van der Waals surface area (Å²) in [4.78, 5) is 24.0. The van der Waals surface area contributed by atoms with E-state index in [1.165, 1.54) is 6.92 Å². The molecule has 6 heteroatoms. The van der Waals surface area contributed by atoms with Crippen LogP contribution in [0, 0.1) is 25.2 Å². The molecular weight excluding hydrogens is 332 g/mol. The van der Waals surface area contributed by atoms with Gasteiger partial charge in [0.05, 0.1) is 11.6 Å². The molecule has 0 aliphatic carbocycles. The highest BCUT2D eigenvalue weighted by atomic mass is 16.6. The van der Waals surface area contributed by atoms with Gasteiger partial charge in [-0.15, -0.1) is 0 Å². The van der Waals surface area contributed by atoms with Gasteiger partial charge in [-0.05, 0) is 56.7 Å². The van der Waals surface area contributed by atoms with Crippen LogP contribution in [-0.2, 0) is 14.3 Å². The van der Waals surface area contributed by atoms with Crippen LogP contribution < -0.4 is 10.1 Å². The number of nitriles is 1. The molecule has 0 aliphatic rings. The molecule has 6 nitrogen and oxygen atoms in total. The quantitative estimate of drug-likeness (QED) is 0.807. The second-order valence-electron chi connectivity index (χ2n) is 5.87. The summed E-state index contributed by atoms with van der Waals surface area (Å²) in [5.41, 5.74) is 3.03. The Balaban J connectivity index is 1.83. The van der Waals surface area contributed by atoms with Gasteiger partial charge in [0.25, 0.3) is 5.91 Å². The zero-order chi connectivity index (χ0) is 19.1. The number of rotatable bonds is 6. The van der Waals surface area contributed by atoms with Crippen LogP contribution in [0.1, 0.15) is 23.6 Å². The molecule has 2 aromatic rings. The summed E-state index contributed by atoms with van der Waals surface area (Å²) >= 11 is 0. The van der Waals surface area contributed by atoms with Gasteiger partial charge in [0, 0.05) is 5.69 Å². The number of aryl methyl sites for hydroxylation is 2. The van der Waals surface area contributed by atoms with Crippen molar-refractivity contribution in [3.05, 3.63) is 59.2 Å². The van der Waals surface area contributed by atoms with Crippen LogP contribution in [-0.4, -0.2) is 24.6 Å². The van der Waals surface area contributed by atoms with Crippen molar-refractivity contribution in [1.82, 2.24) is 0 Å². The van der Waals surface area contributed by atoms with E-state index in [1.54, 1.807) is 30.3 Å². The number of amides is 1. The number of hydrogen-bond acceptors (Lipinski definition) is 5. The third kappa shape index (κ3) is 5.35. The first-order valence-electron chi connectivity index (χ1n) is 8.09. The van der Waals surface area contributed by atoms with Crippen LogP contribution in [0.5, 0.6) is 5.75 Å². The molecule has 0 aliphatic heterocycles. The van der Waals surface area contributed by atoms with E-state index in [0.717, 1.165) is 11.1 Å². The number of carbonyl (C=O) groups is 2. The van der Waals surface area contributed by atoms with E-state index in [0.29, 0.717) is 17.0 Å². The van der Waals surface area contributed by atoms with Crippen LogP contribution in [0.3, 0.4) is 0 Å². The van der Waals surface area contributed by atoms with Gasteiger partial charge in [0.15, 0.2) is 12.7 Å². The largest absolute Gasteiger partial charge is 0.482 e. The predicted molar refractivity (Wildman–Crippen MR) is 96.8 cm³/mol.